The summed E-state index contributed by atoms with van der Waals surface area (Å²) in [5, 5.41) is -1.62. The summed E-state index contributed by atoms with van der Waals surface area (Å²) in [7, 11) is -4.72. The molecule has 8 nitrogen and oxygen atoms in total. The van der Waals surface area contributed by atoms with Gasteiger partial charge in [0.2, 0.25) is 0 Å². The first-order chi connectivity index (χ1) is 10.4. The van der Waals surface area contributed by atoms with E-state index in [0.29, 0.717) is 0 Å². The SMILES string of the molecule is CC(C)SC(C)CC(C(=O)ON1C(=O)CC(C)C1=O)S(=O)(=O)O. The van der Waals surface area contributed by atoms with Crippen LogP contribution >= 0.6 is 11.8 Å². The number of hydrogen-bond acceptors (Lipinski definition) is 7. The van der Waals surface area contributed by atoms with Gasteiger partial charge in [-0.2, -0.15) is 20.2 Å². The highest BCUT2D eigenvalue weighted by Gasteiger charge is 2.42. The molecule has 0 radical (unpaired) electrons. The third-order valence-electron chi connectivity index (χ3n) is 3.18. The molecule has 0 aromatic heterocycles. The number of imide groups is 1. The molecule has 23 heavy (non-hydrogen) atoms. The summed E-state index contributed by atoms with van der Waals surface area (Å²) in [5.74, 6) is -3.38. The van der Waals surface area contributed by atoms with Crippen LogP contribution < -0.4 is 0 Å². The monoisotopic (exact) mass is 367 g/mol. The standard InChI is InChI=1S/C13H21NO7S2/c1-7(2)22-9(4)6-10(23(18,19)20)13(17)21-14-11(15)5-8(3)12(14)16/h7-10H,5-6H2,1-4H3,(H,18,19,20). The van der Waals surface area contributed by atoms with E-state index >= 15 is 0 Å². The molecule has 10 heteroatoms. The quantitative estimate of drug-likeness (QED) is 0.523. The van der Waals surface area contributed by atoms with Gasteiger partial charge in [0, 0.05) is 17.6 Å². The molecule has 0 spiro atoms. The highest BCUT2D eigenvalue weighted by atomic mass is 32.2. The molecule has 0 bridgehead atoms. The second kappa shape index (κ2) is 7.63. The fourth-order valence-corrected chi connectivity index (χ4v) is 4.33. The van der Waals surface area contributed by atoms with Gasteiger partial charge >= 0.3 is 5.97 Å². The lowest BCUT2D eigenvalue weighted by Gasteiger charge is -2.20. The van der Waals surface area contributed by atoms with Gasteiger partial charge in [-0.05, 0) is 11.7 Å². The van der Waals surface area contributed by atoms with Crippen molar-refractivity contribution < 1.29 is 32.2 Å². The lowest BCUT2D eigenvalue weighted by Crippen LogP contribution is -2.41. The zero-order valence-electron chi connectivity index (χ0n) is 13.4. The fraction of sp³-hybridized carbons (Fsp3) is 0.769. The lowest BCUT2D eigenvalue weighted by atomic mass is 10.1. The van der Waals surface area contributed by atoms with Crippen LogP contribution in [-0.4, -0.2) is 51.6 Å². The van der Waals surface area contributed by atoms with E-state index in [1.807, 2.05) is 13.8 Å². The van der Waals surface area contributed by atoms with Crippen molar-refractivity contribution >= 4 is 39.7 Å². The van der Waals surface area contributed by atoms with Crippen molar-refractivity contribution in [3.8, 4) is 0 Å². The average molecular weight is 367 g/mol. The van der Waals surface area contributed by atoms with Gasteiger partial charge in [0.25, 0.3) is 21.9 Å². The largest absolute Gasteiger partial charge is 0.353 e. The van der Waals surface area contributed by atoms with Crippen LogP contribution in [0.25, 0.3) is 0 Å². The maximum absolute atomic E-state index is 12.0. The minimum atomic E-state index is -4.72. The Hall–Kier alpha value is -1.13. The van der Waals surface area contributed by atoms with Gasteiger partial charge in [0.05, 0.1) is 0 Å². The summed E-state index contributed by atoms with van der Waals surface area (Å²) in [6, 6.07) is 0. The Bertz CT molecular complexity index is 587. The number of amides is 2. The Balaban J connectivity index is 2.85. The number of hydrogen-bond donors (Lipinski definition) is 1. The van der Waals surface area contributed by atoms with Crippen molar-refractivity contribution in [2.75, 3.05) is 0 Å². The number of nitrogens with zero attached hydrogens (tertiary/aromatic N) is 1. The van der Waals surface area contributed by atoms with E-state index < -0.39 is 39.1 Å². The van der Waals surface area contributed by atoms with Crippen LogP contribution in [0.15, 0.2) is 0 Å². The molecule has 1 aliphatic rings. The van der Waals surface area contributed by atoms with Gasteiger partial charge in [-0.1, -0.05) is 27.7 Å². The molecule has 2 amide bonds. The summed E-state index contributed by atoms with van der Waals surface area (Å²) in [6.45, 7) is 7.02. The van der Waals surface area contributed by atoms with Gasteiger partial charge < -0.3 is 4.84 Å². The van der Waals surface area contributed by atoms with Crippen molar-refractivity contribution in [3.05, 3.63) is 0 Å². The molecule has 1 heterocycles. The highest BCUT2D eigenvalue weighted by Crippen LogP contribution is 2.25. The first-order valence-electron chi connectivity index (χ1n) is 7.13. The minimum Gasteiger partial charge on any atom is -0.329 e. The van der Waals surface area contributed by atoms with Gasteiger partial charge in [-0.25, -0.2) is 4.79 Å². The normalized spacial score (nSPS) is 21.7. The van der Waals surface area contributed by atoms with E-state index in [-0.39, 0.29) is 28.4 Å². The van der Waals surface area contributed by atoms with E-state index in [9.17, 15) is 27.4 Å². The predicted octanol–water partition coefficient (Wildman–Crippen LogP) is 1.02. The molecule has 1 N–H and O–H groups in total. The van der Waals surface area contributed by atoms with Crippen LogP contribution in [-0.2, 0) is 29.3 Å². The molecule has 132 valence electrons. The maximum atomic E-state index is 12.0. The Morgan fingerprint density at radius 1 is 1.39 bits per heavy atom. The Morgan fingerprint density at radius 2 is 1.96 bits per heavy atom. The molecule has 1 saturated heterocycles. The number of thioether (sulfide) groups is 1. The number of rotatable bonds is 7. The van der Waals surface area contributed by atoms with Crippen molar-refractivity contribution in [1.29, 1.82) is 0 Å². The van der Waals surface area contributed by atoms with E-state index in [0.717, 1.165) is 0 Å². The summed E-state index contributed by atoms with van der Waals surface area (Å²) in [5.41, 5.74) is 0. The van der Waals surface area contributed by atoms with E-state index in [4.69, 9.17) is 0 Å². The highest BCUT2D eigenvalue weighted by molar-refractivity contribution is 8.00. The zero-order chi connectivity index (χ0) is 17.9. The molecule has 1 rings (SSSR count). The summed E-state index contributed by atoms with van der Waals surface area (Å²) >= 11 is 1.43. The van der Waals surface area contributed by atoms with E-state index in [1.165, 1.54) is 18.7 Å². The summed E-state index contributed by atoms with van der Waals surface area (Å²) in [6.07, 6.45) is -0.297. The molecular formula is C13H21NO7S2. The average Bonchev–Trinajstić information content (AvgIpc) is 2.60. The lowest BCUT2D eigenvalue weighted by molar-refractivity contribution is -0.197. The van der Waals surface area contributed by atoms with Gasteiger partial charge in [-0.15, -0.1) is 5.06 Å². The topological polar surface area (TPSA) is 118 Å². The first kappa shape index (κ1) is 19.9. The molecule has 1 aliphatic heterocycles. The smallest absolute Gasteiger partial charge is 0.329 e. The fourth-order valence-electron chi connectivity index (χ4n) is 2.16. The third-order valence-corrected chi connectivity index (χ3v) is 5.49. The first-order valence-corrected chi connectivity index (χ1v) is 9.58. The van der Waals surface area contributed by atoms with Crippen LogP contribution in [0.2, 0.25) is 0 Å². The van der Waals surface area contributed by atoms with Crippen molar-refractivity contribution in [2.45, 2.75) is 56.3 Å². The van der Waals surface area contributed by atoms with E-state index in [2.05, 4.69) is 4.84 Å². The van der Waals surface area contributed by atoms with Gasteiger partial charge in [-0.3, -0.25) is 14.1 Å². The minimum absolute atomic E-state index is 0.109. The van der Waals surface area contributed by atoms with E-state index in [1.54, 1.807) is 6.92 Å². The maximum Gasteiger partial charge on any atom is 0.353 e. The molecular weight excluding hydrogens is 346 g/mol. The van der Waals surface area contributed by atoms with Gasteiger partial charge in [0.15, 0.2) is 5.25 Å². The van der Waals surface area contributed by atoms with Crippen LogP contribution in [0.4, 0.5) is 0 Å². The predicted molar refractivity (Wildman–Crippen MR) is 83.9 cm³/mol. The van der Waals surface area contributed by atoms with Crippen LogP contribution in [0, 0.1) is 5.92 Å². The molecule has 0 aromatic carbocycles. The van der Waals surface area contributed by atoms with Crippen LogP contribution in [0.1, 0.15) is 40.5 Å². The number of carbonyl (C=O) groups is 3. The molecule has 0 aromatic rings. The van der Waals surface area contributed by atoms with Gasteiger partial charge in [0.1, 0.15) is 0 Å². The Kier molecular flexibility index (Phi) is 6.60. The Morgan fingerprint density at radius 3 is 2.35 bits per heavy atom. The zero-order valence-corrected chi connectivity index (χ0v) is 15.0. The third kappa shape index (κ3) is 5.47. The molecule has 0 aliphatic carbocycles. The summed E-state index contributed by atoms with van der Waals surface area (Å²) < 4.78 is 32.2. The molecule has 0 saturated carbocycles. The molecule has 1 fully saturated rings. The second-order valence-electron chi connectivity index (χ2n) is 5.78. The van der Waals surface area contributed by atoms with Crippen LogP contribution in [0.5, 0.6) is 0 Å². The molecule has 3 atom stereocenters. The second-order valence-corrected chi connectivity index (χ2v) is 9.40. The van der Waals surface area contributed by atoms with Crippen molar-refractivity contribution in [1.82, 2.24) is 5.06 Å². The Labute approximate surface area is 139 Å². The summed E-state index contributed by atoms with van der Waals surface area (Å²) in [4.78, 5) is 40.0. The van der Waals surface area contributed by atoms with Crippen molar-refractivity contribution in [3.63, 3.8) is 0 Å². The molecule has 3 unspecified atom stereocenters. The number of hydroxylamine groups is 2. The van der Waals surface area contributed by atoms with Crippen LogP contribution in [0.3, 0.4) is 0 Å². The van der Waals surface area contributed by atoms with Crippen molar-refractivity contribution in [2.24, 2.45) is 5.92 Å². The number of carbonyl (C=O) groups excluding carboxylic acids is 3.